The number of carbonyl (C=O) groups is 2. The number of amides is 2. The number of benzene rings is 1. The number of hydrogen-bond donors (Lipinski definition) is 3. The zero-order valence-corrected chi connectivity index (χ0v) is 20.9. The summed E-state index contributed by atoms with van der Waals surface area (Å²) in [4.78, 5) is 27.0. The summed E-state index contributed by atoms with van der Waals surface area (Å²) in [6.45, 7) is 2.03. The summed E-state index contributed by atoms with van der Waals surface area (Å²) in [6, 6.07) is 15.9. The van der Waals surface area contributed by atoms with E-state index in [1.807, 2.05) is 60.8 Å². The second-order valence-electron chi connectivity index (χ2n) is 9.74. The van der Waals surface area contributed by atoms with Crippen molar-refractivity contribution in [2.45, 2.75) is 64.2 Å². The summed E-state index contributed by atoms with van der Waals surface area (Å²) >= 11 is 1.60. The first-order chi connectivity index (χ1) is 17.1. The number of nitrogens with zero attached hydrogens (tertiary/aromatic N) is 2. The van der Waals surface area contributed by atoms with E-state index >= 15 is 0 Å². The van der Waals surface area contributed by atoms with Crippen LogP contribution in [0.15, 0.2) is 53.9 Å². The number of thiophene rings is 1. The predicted molar refractivity (Wildman–Crippen MR) is 139 cm³/mol. The monoisotopic (exact) mass is 491 g/mol. The molecule has 184 valence electrons. The predicted octanol–water partition coefficient (Wildman–Crippen LogP) is 4.94. The minimum Gasteiger partial charge on any atom is -0.322 e. The van der Waals surface area contributed by atoms with Gasteiger partial charge in [-0.1, -0.05) is 62.1 Å². The van der Waals surface area contributed by atoms with Gasteiger partial charge in [-0.2, -0.15) is 5.10 Å². The van der Waals surface area contributed by atoms with Crippen molar-refractivity contribution >= 4 is 29.0 Å². The molecule has 2 aromatic heterocycles. The minimum absolute atomic E-state index is 0.00656. The highest BCUT2D eigenvalue weighted by atomic mass is 32.1. The molecule has 3 heterocycles. The highest BCUT2D eigenvalue weighted by Crippen LogP contribution is 2.30. The van der Waals surface area contributed by atoms with Crippen molar-refractivity contribution in [2.24, 2.45) is 11.8 Å². The molecule has 1 saturated heterocycles. The molecule has 1 aromatic carbocycles. The normalized spacial score (nSPS) is 22.8. The molecule has 5 rings (SSSR count). The molecule has 1 aliphatic heterocycles. The van der Waals surface area contributed by atoms with Crippen molar-refractivity contribution < 1.29 is 9.59 Å². The molecule has 3 N–H and O–H groups in total. The molecule has 0 bridgehead atoms. The molecule has 35 heavy (non-hydrogen) atoms. The summed E-state index contributed by atoms with van der Waals surface area (Å²) < 4.78 is 1.70. The fraction of sp³-hybridized carbons (Fsp3) is 0.444. The summed E-state index contributed by atoms with van der Waals surface area (Å²) in [5.41, 5.74) is 1.91. The Labute approximate surface area is 210 Å². The fourth-order valence-electron chi connectivity index (χ4n) is 5.21. The molecule has 7 nitrogen and oxygen atoms in total. The number of carbonyl (C=O) groups excluding carboxylic acids is 2. The van der Waals surface area contributed by atoms with Crippen LogP contribution >= 0.6 is 11.3 Å². The van der Waals surface area contributed by atoms with Crippen LogP contribution < -0.4 is 16.0 Å². The van der Waals surface area contributed by atoms with Crippen LogP contribution in [0.4, 0.5) is 5.82 Å². The van der Waals surface area contributed by atoms with Crippen LogP contribution in [0, 0.1) is 11.8 Å². The maximum absolute atomic E-state index is 13.1. The Hall–Kier alpha value is -2.97. The fourth-order valence-corrected chi connectivity index (χ4v) is 5.90. The molecule has 2 fully saturated rings. The van der Waals surface area contributed by atoms with E-state index in [0.29, 0.717) is 24.6 Å². The third kappa shape index (κ3) is 5.65. The van der Waals surface area contributed by atoms with E-state index in [1.54, 1.807) is 16.0 Å². The highest BCUT2D eigenvalue weighted by molar-refractivity contribution is 7.13. The Kier molecular flexibility index (Phi) is 7.29. The Balaban J connectivity index is 1.32. The largest absolute Gasteiger partial charge is 0.322 e. The van der Waals surface area contributed by atoms with Gasteiger partial charge in [0.1, 0.15) is 11.5 Å². The van der Waals surface area contributed by atoms with Crippen LogP contribution in [-0.4, -0.2) is 27.6 Å². The standard InChI is InChI=1S/C27H33N5O2S/c1-18-21(16-20-10-3-2-4-11-20)26(34)30-27(28-18)32-24(17-22(31-32)23-12-7-15-35-23)29-25(33)14-13-19-8-5-6-9-19/h2-4,7,10-12,15,17-19,21,27-28H,5-6,8-9,13-14,16H2,1H3,(H,29,33)(H,30,34). The molecule has 1 saturated carbocycles. The van der Waals surface area contributed by atoms with Crippen molar-refractivity contribution in [2.75, 3.05) is 5.32 Å². The lowest BCUT2D eigenvalue weighted by Gasteiger charge is -2.36. The molecule has 3 aromatic rings. The van der Waals surface area contributed by atoms with Gasteiger partial charge in [0.15, 0.2) is 6.29 Å². The lowest BCUT2D eigenvalue weighted by molar-refractivity contribution is -0.130. The number of aromatic nitrogens is 2. The maximum atomic E-state index is 13.1. The minimum atomic E-state index is -0.539. The van der Waals surface area contributed by atoms with Gasteiger partial charge in [-0.3, -0.25) is 14.9 Å². The lowest BCUT2D eigenvalue weighted by Crippen LogP contribution is -2.58. The second kappa shape index (κ2) is 10.7. The van der Waals surface area contributed by atoms with Crippen LogP contribution in [0.25, 0.3) is 10.6 Å². The summed E-state index contributed by atoms with van der Waals surface area (Å²) in [7, 11) is 0. The van der Waals surface area contributed by atoms with Crippen molar-refractivity contribution in [3.63, 3.8) is 0 Å². The molecule has 3 unspecified atom stereocenters. The molecule has 2 amide bonds. The summed E-state index contributed by atoms with van der Waals surface area (Å²) in [5.74, 6) is 1.04. The third-order valence-corrected chi connectivity index (χ3v) is 8.11. The number of anilines is 1. The van der Waals surface area contributed by atoms with Crippen LogP contribution in [0.5, 0.6) is 0 Å². The maximum Gasteiger partial charge on any atom is 0.227 e. The van der Waals surface area contributed by atoms with Gasteiger partial charge >= 0.3 is 0 Å². The van der Waals surface area contributed by atoms with Crippen LogP contribution in [0.2, 0.25) is 0 Å². The summed E-state index contributed by atoms with van der Waals surface area (Å²) in [5, 5.41) is 16.4. The van der Waals surface area contributed by atoms with E-state index in [9.17, 15) is 9.59 Å². The van der Waals surface area contributed by atoms with E-state index in [-0.39, 0.29) is 23.8 Å². The van der Waals surface area contributed by atoms with E-state index in [4.69, 9.17) is 5.10 Å². The lowest BCUT2D eigenvalue weighted by atomic mass is 9.91. The quantitative estimate of drug-likeness (QED) is 0.416. The Bertz CT molecular complexity index is 1140. The van der Waals surface area contributed by atoms with Gasteiger partial charge < -0.3 is 10.6 Å². The van der Waals surface area contributed by atoms with Gasteiger partial charge in [0.25, 0.3) is 0 Å². The van der Waals surface area contributed by atoms with Gasteiger partial charge in [-0.15, -0.1) is 11.3 Å². The smallest absolute Gasteiger partial charge is 0.227 e. The molecule has 2 aliphatic rings. The van der Waals surface area contributed by atoms with Gasteiger partial charge in [0, 0.05) is 18.5 Å². The number of rotatable bonds is 8. The van der Waals surface area contributed by atoms with Gasteiger partial charge in [-0.25, -0.2) is 4.68 Å². The van der Waals surface area contributed by atoms with Gasteiger partial charge in [-0.05, 0) is 42.7 Å². The molecule has 3 atom stereocenters. The third-order valence-electron chi connectivity index (χ3n) is 7.21. The topological polar surface area (TPSA) is 88.1 Å². The van der Waals surface area contributed by atoms with Crippen molar-refractivity contribution in [1.82, 2.24) is 20.4 Å². The van der Waals surface area contributed by atoms with Crippen molar-refractivity contribution in [3.05, 3.63) is 59.5 Å². The molecular formula is C27H33N5O2S. The van der Waals surface area contributed by atoms with E-state index < -0.39 is 6.29 Å². The number of nitrogens with one attached hydrogen (secondary N) is 3. The average molecular weight is 492 g/mol. The second-order valence-corrected chi connectivity index (χ2v) is 10.7. The van der Waals surface area contributed by atoms with Crippen molar-refractivity contribution in [1.29, 1.82) is 0 Å². The zero-order chi connectivity index (χ0) is 24.2. The first-order valence-corrected chi connectivity index (χ1v) is 13.5. The highest BCUT2D eigenvalue weighted by Gasteiger charge is 2.35. The molecular weight excluding hydrogens is 458 g/mol. The van der Waals surface area contributed by atoms with Crippen LogP contribution in [0.3, 0.4) is 0 Å². The van der Waals surface area contributed by atoms with E-state index in [2.05, 4.69) is 16.0 Å². The molecule has 0 radical (unpaired) electrons. The van der Waals surface area contributed by atoms with Crippen molar-refractivity contribution in [3.8, 4) is 10.6 Å². The first-order valence-electron chi connectivity index (χ1n) is 12.6. The molecule has 1 aliphatic carbocycles. The van der Waals surface area contributed by atoms with E-state index in [0.717, 1.165) is 22.6 Å². The number of hydrogen-bond acceptors (Lipinski definition) is 5. The Morgan fingerprint density at radius 1 is 1.17 bits per heavy atom. The Morgan fingerprint density at radius 2 is 1.97 bits per heavy atom. The van der Waals surface area contributed by atoms with Crippen LogP contribution in [0.1, 0.15) is 57.3 Å². The Morgan fingerprint density at radius 3 is 2.69 bits per heavy atom. The van der Waals surface area contributed by atoms with Gasteiger partial charge in [0.05, 0.1) is 10.8 Å². The average Bonchev–Trinajstić information content (AvgIpc) is 3.63. The summed E-state index contributed by atoms with van der Waals surface area (Å²) in [6.07, 6.45) is 6.57. The first kappa shape index (κ1) is 23.8. The van der Waals surface area contributed by atoms with Gasteiger partial charge in [0.2, 0.25) is 11.8 Å². The van der Waals surface area contributed by atoms with E-state index in [1.165, 1.54) is 25.7 Å². The van der Waals surface area contributed by atoms with Crippen LogP contribution in [-0.2, 0) is 16.0 Å². The molecule has 0 spiro atoms. The zero-order valence-electron chi connectivity index (χ0n) is 20.1. The molecule has 8 heteroatoms. The SMILES string of the molecule is CC1NC(n2nc(-c3cccs3)cc2NC(=O)CCC2CCCC2)NC(=O)C1Cc1ccccc1.